The SMILES string of the molecule is CN=C(NC1CCc2nc(C)nn2C1)NC1CC1C1CCCCC1. The number of nitrogens with zero attached hydrogens (tertiary/aromatic N) is 4. The Kier molecular flexibility index (Phi) is 4.46. The summed E-state index contributed by atoms with van der Waals surface area (Å²) in [6.07, 6.45) is 10.6. The van der Waals surface area contributed by atoms with Crippen LogP contribution in [-0.2, 0) is 13.0 Å². The van der Waals surface area contributed by atoms with Crippen molar-refractivity contribution in [2.24, 2.45) is 16.8 Å². The van der Waals surface area contributed by atoms with Crippen molar-refractivity contribution in [2.45, 2.75) is 76.9 Å². The summed E-state index contributed by atoms with van der Waals surface area (Å²) in [5.74, 6) is 4.78. The highest BCUT2D eigenvalue weighted by Gasteiger charge is 2.43. The number of aromatic nitrogens is 3. The van der Waals surface area contributed by atoms with Crippen LogP contribution in [0.1, 0.15) is 56.6 Å². The van der Waals surface area contributed by atoms with Gasteiger partial charge in [0.05, 0.1) is 6.54 Å². The lowest BCUT2D eigenvalue weighted by molar-refractivity contribution is 0.315. The highest BCUT2D eigenvalue weighted by Crippen LogP contribution is 2.44. The molecule has 6 heteroatoms. The fourth-order valence-corrected chi connectivity index (χ4v) is 4.56. The molecule has 3 unspecified atom stereocenters. The van der Waals surface area contributed by atoms with Gasteiger partial charge in [-0.1, -0.05) is 32.1 Å². The highest BCUT2D eigenvalue weighted by atomic mass is 15.4. The van der Waals surface area contributed by atoms with Crippen LogP contribution in [0.5, 0.6) is 0 Å². The predicted octanol–water partition coefficient (Wildman–Crippen LogP) is 2.04. The van der Waals surface area contributed by atoms with Crippen molar-refractivity contribution < 1.29 is 0 Å². The van der Waals surface area contributed by atoms with E-state index in [-0.39, 0.29) is 0 Å². The molecule has 2 heterocycles. The largest absolute Gasteiger partial charge is 0.353 e. The van der Waals surface area contributed by atoms with Crippen LogP contribution in [0.2, 0.25) is 0 Å². The van der Waals surface area contributed by atoms with Crippen LogP contribution < -0.4 is 10.6 Å². The van der Waals surface area contributed by atoms with Crippen LogP contribution in [0.4, 0.5) is 0 Å². The summed E-state index contributed by atoms with van der Waals surface area (Å²) in [6.45, 7) is 2.85. The lowest BCUT2D eigenvalue weighted by Gasteiger charge is -2.26. The average molecular weight is 330 g/mol. The molecule has 0 saturated heterocycles. The second-order valence-electron chi connectivity index (χ2n) is 7.76. The summed E-state index contributed by atoms with van der Waals surface area (Å²) >= 11 is 0. The smallest absolute Gasteiger partial charge is 0.191 e. The Labute approximate surface area is 144 Å². The second kappa shape index (κ2) is 6.73. The Hall–Kier alpha value is -1.59. The zero-order valence-electron chi connectivity index (χ0n) is 15.0. The first-order valence-corrected chi connectivity index (χ1v) is 9.63. The molecule has 4 rings (SSSR count). The second-order valence-corrected chi connectivity index (χ2v) is 7.76. The zero-order valence-corrected chi connectivity index (χ0v) is 15.0. The van der Waals surface area contributed by atoms with Gasteiger partial charge in [-0.25, -0.2) is 9.67 Å². The number of aliphatic imine (C=N–C) groups is 1. The molecule has 3 atom stereocenters. The third kappa shape index (κ3) is 3.42. The number of hydrogen-bond acceptors (Lipinski definition) is 3. The molecule has 0 amide bonds. The highest BCUT2D eigenvalue weighted by molar-refractivity contribution is 5.80. The minimum atomic E-state index is 0.386. The number of rotatable bonds is 3. The molecular weight excluding hydrogens is 300 g/mol. The van der Waals surface area contributed by atoms with E-state index in [4.69, 9.17) is 0 Å². The van der Waals surface area contributed by atoms with E-state index in [1.165, 1.54) is 38.5 Å². The van der Waals surface area contributed by atoms with Crippen LogP contribution >= 0.6 is 0 Å². The van der Waals surface area contributed by atoms with Crippen LogP contribution in [0.3, 0.4) is 0 Å². The Morgan fingerprint density at radius 2 is 2.00 bits per heavy atom. The summed E-state index contributed by atoms with van der Waals surface area (Å²) in [5, 5.41) is 11.7. The number of hydrogen-bond donors (Lipinski definition) is 2. The van der Waals surface area contributed by atoms with Gasteiger partial charge in [-0.15, -0.1) is 0 Å². The van der Waals surface area contributed by atoms with Gasteiger partial charge < -0.3 is 10.6 Å². The van der Waals surface area contributed by atoms with Crippen molar-refractivity contribution in [3.8, 4) is 0 Å². The number of nitrogens with one attached hydrogen (secondary N) is 2. The molecule has 0 spiro atoms. The first-order valence-electron chi connectivity index (χ1n) is 9.63. The van der Waals surface area contributed by atoms with Gasteiger partial charge in [-0.05, 0) is 31.6 Å². The van der Waals surface area contributed by atoms with Gasteiger partial charge in [-0.2, -0.15) is 5.10 Å². The fourth-order valence-electron chi connectivity index (χ4n) is 4.56. The lowest BCUT2D eigenvalue weighted by Crippen LogP contribution is -2.48. The molecule has 0 radical (unpaired) electrons. The number of fused-ring (bicyclic) bond motifs is 1. The Balaban J connectivity index is 1.28. The standard InChI is InChI=1S/C18H30N6/c1-12-20-17-9-8-14(11-24(17)23-12)21-18(19-2)22-16-10-15(16)13-6-4-3-5-7-13/h13-16H,3-11H2,1-2H3,(H2,19,21,22). The van der Waals surface area contributed by atoms with Crippen molar-refractivity contribution in [3.63, 3.8) is 0 Å². The van der Waals surface area contributed by atoms with E-state index in [9.17, 15) is 0 Å². The van der Waals surface area contributed by atoms with E-state index >= 15 is 0 Å². The maximum Gasteiger partial charge on any atom is 0.191 e. The predicted molar refractivity (Wildman–Crippen MR) is 95.0 cm³/mol. The lowest BCUT2D eigenvalue weighted by atomic mass is 9.85. The monoisotopic (exact) mass is 330 g/mol. The third-order valence-corrected chi connectivity index (χ3v) is 5.95. The maximum absolute atomic E-state index is 4.49. The van der Waals surface area contributed by atoms with Gasteiger partial charge in [0, 0.05) is 25.6 Å². The van der Waals surface area contributed by atoms with Crippen LogP contribution in [0.25, 0.3) is 0 Å². The van der Waals surface area contributed by atoms with Crippen molar-refractivity contribution in [1.82, 2.24) is 25.4 Å². The van der Waals surface area contributed by atoms with E-state index in [1.807, 2.05) is 18.7 Å². The van der Waals surface area contributed by atoms with E-state index in [1.54, 1.807) is 0 Å². The molecule has 132 valence electrons. The van der Waals surface area contributed by atoms with Gasteiger partial charge in [0.15, 0.2) is 5.96 Å². The first kappa shape index (κ1) is 15.9. The van der Waals surface area contributed by atoms with Crippen LogP contribution in [-0.4, -0.2) is 39.9 Å². The van der Waals surface area contributed by atoms with Crippen molar-refractivity contribution >= 4 is 5.96 Å². The molecule has 24 heavy (non-hydrogen) atoms. The zero-order chi connectivity index (χ0) is 16.5. The molecule has 0 aromatic carbocycles. The minimum absolute atomic E-state index is 0.386. The molecule has 0 bridgehead atoms. The maximum atomic E-state index is 4.49. The molecule has 2 saturated carbocycles. The Bertz CT molecular complexity index is 601. The van der Waals surface area contributed by atoms with Gasteiger partial charge in [0.1, 0.15) is 11.6 Å². The van der Waals surface area contributed by atoms with Gasteiger partial charge in [-0.3, -0.25) is 4.99 Å². The number of aryl methyl sites for hydroxylation is 2. The van der Waals surface area contributed by atoms with Crippen LogP contribution in [0, 0.1) is 18.8 Å². The molecule has 1 aromatic rings. The van der Waals surface area contributed by atoms with E-state index < -0.39 is 0 Å². The average Bonchev–Trinajstić information content (AvgIpc) is 3.26. The van der Waals surface area contributed by atoms with Gasteiger partial charge in [0.2, 0.25) is 0 Å². The Morgan fingerprint density at radius 1 is 1.17 bits per heavy atom. The fraction of sp³-hybridized carbons (Fsp3) is 0.833. The van der Waals surface area contributed by atoms with Gasteiger partial charge in [0.25, 0.3) is 0 Å². The molecule has 1 aliphatic heterocycles. The quantitative estimate of drug-likeness (QED) is 0.657. The molecule has 2 aliphatic carbocycles. The van der Waals surface area contributed by atoms with Gasteiger partial charge >= 0.3 is 0 Å². The van der Waals surface area contributed by atoms with E-state index in [0.717, 1.165) is 48.8 Å². The Morgan fingerprint density at radius 3 is 2.79 bits per heavy atom. The molecule has 3 aliphatic rings. The van der Waals surface area contributed by atoms with Crippen molar-refractivity contribution in [2.75, 3.05) is 7.05 Å². The van der Waals surface area contributed by atoms with E-state index in [2.05, 4.69) is 25.7 Å². The summed E-state index contributed by atoms with van der Waals surface area (Å²) < 4.78 is 2.05. The van der Waals surface area contributed by atoms with E-state index in [0.29, 0.717) is 12.1 Å². The third-order valence-electron chi connectivity index (χ3n) is 5.95. The molecule has 6 nitrogen and oxygen atoms in total. The molecular formula is C18H30N6. The van der Waals surface area contributed by atoms with Crippen molar-refractivity contribution in [1.29, 1.82) is 0 Å². The van der Waals surface area contributed by atoms with Crippen molar-refractivity contribution in [3.05, 3.63) is 11.6 Å². The molecule has 1 aromatic heterocycles. The number of guanidine groups is 1. The molecule has 2 N–H and O–H groups in total. The summed E-state index contributed by atoms with van der Waals surface area (Å²) in [5.41, 5.74) is 0. The summed E-state index contributed by atoms with van der Waals surface area (Å²) in [4.78, 5) is 8.94. The molecule has 2 fully saturated rings. The minimum Gasteiger partial charge on any atom is -0.353 e. The topological polar surface area (TPSA) is 67.1 Å². The van der Waals surface area contributed by atoms with Crippen LogP contribution in [0.15, 0.2) is 4.99 Å². The summed E-state index contributed by atoms with van der Waals surface area (Å²) in [7, 11) is 1.88. The summed E-state index contributed by atoms with van der Waals surface area (Å²) in [6, 6.07) is 1.02. The normalized spacial score (nSPS) is 30.8. The first-order chi connectivity index (χ1) is 11.7.